The summed E-state index contributed by atoms with van der Waals surface area (Å²) >= 11 is 0. The second-order valence-electron chi connectivity index (χ2n) is 11.7. The van der Waals surface area contributed by atoms with Gasteiger partial charge in [-0.1, -0.05) is 58.7 Å². The van der Waals surface area contributed by atoms with Gasteiger partial charge >= 0.3 is 5.76 Å². The molecular formula is C29H43N5O5. The van der Waals surface area contributed by atoms with Gasteiger partial charge in [-0.05, 0) is 56.8 Å². The van der Waals surface area contributed by atoms with Gasteiger partial charge in [0.1, 0.15) is 0 Å². The minimum Gasteiger partial charge on any atom is -0.384 e. The molecule has 10 nitrogen and oxygen atoms in total. The first kappa shape index (κ1) is 30.3. The van der Waals surface area contributed by atoms with Crippen LogP contribution in [0.2, 0.25) is 0 Å². The van der Waals surface area contributed by atoms with Gasteiger partial charge in [0.2, 0.25) is 11.7 Å². The van der Waals surface area contributed by atoms with E-state index in [1.165, 1.54) is 0 Å². The van der Waals surface area contributed by atoms with Crippen molar-refractivity contribution in [2.45, 2.75) is 85.0 Å². The molecule has 0 unspecified atom stereocenters. The molecule has 1 aliphatic rings. The van der Waals surface area contributed by atoms with Gasteiger partial charge in [-0.3, -0.25) is 14.4 Å². The van der Waals surface area contributed by atoms with Gasteiger partial charge < -0.3 is 20.0 Å². The second kappa shape index (κ2) is 13.7. The van der Waals surface area contributed by atoms with Crippen LogP contribution in [0.3, 0.4) is 0 Å². The molecule has 2 aromatic rings. The molecule has 1 saturated carbocycles. The molecule has 214 valence electrons. The molecule has 1 aromatic carbocycles. The second-order valence-corrected chi connectivity index (χ2v) is 11.7. The molecule has 0 radical (unpaired) electrons. The van der Waals surface area contributed by atoms with Crippen molar-refractivity contribution in [1.29, 1.82) is 0 Å². The number of ketones is 1. The van der Waals surface area contributed by atoms with Gasteiger partial charge in [-0.2, -0.15) is 4.68 Å². The molecule has 3 rings (SSSR count). The van der Waals surface area contributed by atoms with Crippen molar-refractivity contribution in [2.75, 3.05) is 14.1 Å². The fourth-order valence-electron chi connectivity index (χ4n) is 5.08. The van der Waals surface area contributed by atoms with E-state index in [-0.39, 0.29) is 35.6 Å². The topological polar surface area (TPSA) is 127 Å². The van der Waals surface area contributed by atoms with Crippen LogP contribution >= 0.6 is 0 Å². The number of rotatable bonds is 12. The van der Waals surface area contributed by atoms with Crippen LogP contribution in [-0.4, -0.2) is 58.5 Å². The lowest BCUT2D eigenvalue weighted by Crippen LogP contribution is -2.52. The zero-order valence-corrected chi connectivity index (χ0v) is 24.0. The number of hydrogen-bond donors (Lipinski definition) is 2. The van der Waals surface area contributed by atoms with Gasteiger partial charge in [0.15, 0.2) is 0 Å². The Balaban J connectivity index is 1.76. The largest absolute Gasteiger partial charge is 0.437 e. The summed E-state index contributed by atoms with van der Waals surface area (Å²) in [6, 6.07) is 6.24. The molecule has 1 aromatic heterocycles. The zero-order valence-electron chi connectivity index (χ0n) is 24.0. The van der Waals surface area contributed by atoms with Crippen LogP contribution in [0.4, 0.5) is 0 Å². The first-order valence-electron chi connectivity index (χ1n) is 13.9. The Kier molecular flexibility index (Phi) is 10.6. The molecule has 1 fully saturated rings. The SMILES string of the molecule is CC(C)C[C@H](NC(=O)[C@@H]1CCCC[C@@H]1NC(=O)c1ccccc1CN(C)C)C(=O)c1nn(CC(C)C)c(=O)o1. The van der Waals surface area contributed by atoms with E-state index in [0.29, 0.717) is 37.9 Å². The van der Waals surface area contributed by atoms with Crippen molar-refractivity contribution in [3.05, 3.63) is 51.8 Å². The molecule has 3 atom stereocenters. The van der Waals surface area contributed by atoms with Crippen LogP contribution in [-0.2, 0) is 17.9 Å². The molecule has 1 aliphatic carbocycles. The number of benzene rings is 1. The van der Waals surface area contributed by atoms with E-state index >= 15 is 0 Å². The Morgan fingerprint density at radius 3 is 2.44 bits per heavy atom. The Bertz CT molecular complexity index is 1200. The Labute approximate surface area is 230 Å². The molecule has 10 heteroatoms. The molecule has 0 saturated heterocycles. The van der Waals surface area contributed by atoms with Crippen molar-refractivity contribution in [3.63, 3.8) is 0 Å². The van der Waals surface area contributed by atoms with E-state index in [1.54, 1.807) is 6.07 Å². The lowest BCUT2D eigenvalue weighted by molar-refractivity contribution is -0.127. The predicted octanol–water partition coefficient (Wildman–Crippen LogP) is 3.26. The van der Waals surface area contributed by atoms with Gasteiger partial charge in [-0.15, -0.1) is 5.10 Å². The normalized spacial score (nSPS) is 18.4. The van der Waals surface area contributed by atoms with Crippen LogP contribution in [0.5, 0.6) is 0 Å². The van der Waals surface area contributed by atoms with E-state index in [9.17, 15) is 19.2 Å². The van der Waals surface area contributed by atoms with Crippen LogP contribution < -0.4 is 16.4 Å². The number of hydrogen-bond acceptors (Lipinski definition) is 7. The first-order valence-corrected chi connectivity index (χ1v) is 13.9. The summed E-state index contributed by atoms with van der Waals surface area (Å²) in [6.45, 7) is 8.73. The van der Waals surface area contributed by atoms with E-state index in [1.807, 2.05) is 64.9 Å². The summed E-state index contributed by atoms with van der Waals surface area (Å²) in [5.74, 6) is -2.23. The molecule has 0 aliphatic heterocycles. The third-order valence-electron chi connectivity index (χ3n) is 6.86. The fourth-order valence-corrected chi connectivity index (χ4v) is 5.08. The van der Waals surface area contributed by atoms with Crippen LogP contribution in [0.1, 0.15) is 86.4 Å². The molecule has 2 amide bonds. The van der Waals surface area contributed by atoms with E-state index in [4.69, 9.17) is 4.42 Å². The number of carbonyl (C=O) groups is 3. The average molecular weight is 542 g/mol. The summed E-state index contributed by atoms with van der Waals surface area (Å²) in [5, 5.41) is 10.1. The van der Waals surface area contributed by atoms with Crippen molar-refractivity contribution in [1.82, 2.24) is 25.3 Å². The van der Waals surface area contributed by atoms with Crippen molar-refractivity contribution in [2.24, 2.45) is 17.8 Å². The molecule has 2 N–H and O–H groups in total. The number of Topliss-reactive ketones (excluding diaryl/α,β-unsaturated/α-hetero) is 1. The van der Waals surface area contributed by atoms with Crippen molar-refractivity contribution >= 4 is 17.6 Å². The monoisotopic (exact) mass is 541 g/mol. The van der Waals surface area contributed by atoms with Crippen molar-refractivity contribution < 1.29 is 18.8 Å². The van der Waals surface area contributed by atoms with E-state index in [0.717, 1.165) is 23.1 Å². The smallest absolute Gasteiger partial charge is 0.384 e. The summed E-state index contributed by atoms with van der Waals surface area (Å²) < 4.78 is 6.31. The molecular weight excluding hydrogens is 498 g/mol. The highest BCUT2D eigenvalue weighted by Gasteiger charge is 2.36. The van der Waals surface area contributed by atoms with Gasteiger partial charge in [0.05, 0.1) is 18.5 Å². The predicted molar refractivity (Wildman–Crippen MR) is 148 cm³/mol. The number of aromatic nitrogens is 2. The lowest BCUT2D eigenvalue weighted by Gasteiger charge is -2.32. The highest BCUT2D eigenvalue weighted by Crippen LogP contribution is 2.26. The third kappa shape index (κ3) is 8.36. The molecule has 39 heavy (non-hydrogen) atoms. The van der Waals surface area contributed by atoms with Gasteiger partial charge in [0.25, 0.3) is 11.8 Å². The molecule has 0 bridgehead atoms. The fraction of sp³-hybridized carbons (Fsp3) is 0.621. The standard InChI is InChI=1S/C29H43N5O5/c1-18(2)15-24(25(35)28-32-34(16-19(3)4)29(38)39-28)31-27(37)22-13-9-10-14-23(22)30-26(36)21-12-8-7-11-20(21)17-33(5)6/h7-8,11-12,18-19,22-24H,9-10,13-17H2,1-6H3,(H,30,36)(H,31,37)/t22-,23+,24+/m1/s1. The number of nitrogens with zero attached hydrogens (tertiary/aromatic N) is 3. The minimum absolute atomic E-state index is 0.0961. The highest BCUT2D eigenvalue weighted by molar-refractivity contribution is 5.99. The van der Waals surface area contributed by atoms with Crippen LogP contribution in [0.25, 0.3) is 0 Å². The van der Waals surface area contributed by atoms with Crippen LogP contribution in [0, 0.1) is 17.8 Å². The van der Waals surface area contributed by atoms with E-state index in [2.05, 4.69) is 15.7 Å². The maximum absolute atomic E-state index is 13.5. The maximum Gasteiger partial charge on any atom is 0.437 e. The summed E-state index contributed by atoms with van der Waals surface area (Å²) in [4.78, 5) is 54.3. The molecule has 0 spiro atoms. The Morgan fingerprint density at radius 1 is 1.08 bits per heavy atom. The summed E-state index contributed by atoms with van der Waals surface area (Å²) in [5.41, 5.74) is 1.51. The summed E-state index contributed by atoms with van der Waals surface area (Å²) in [7, 11) is 3.90. The molecule has 1 heterocycles. The minimum atomic E-state index is -0.887. The van der Waals surface area contributed by atoms with E-state index < -0.39 is 23.5 Å². The average Bonchev–Trinajstić information content (AvgIpc) is 3.22. The highest BCUT2D eigenvalue weighted by atomic mass is 16.4. The first-order chi connectivity index (χ1) is 18.5. The zero-order chi connectivity index (χ0) is 28.7. The summed E-state index contributed by atoms with van der Waals surface area (Å²) in [6.07, 6.45) is 3.42. The quantitative estimate of drug-likeness (QED) is 0.395. The number of nitrogens with one attached hydrogen (secondary N) is 2. The number of amides is 2. The van der Waals surface area contributed by atoms with Crippen molar-refractivity contribution in [3.8, 4) is 0 Å². The lowest BCUT2D eigenvalue weighted by atomic mass is 9.83. The van der Waals surface area contributed by atoms with Gasteiger partial charge in [-0.25, -0.2) is 4.79 Å². The third-order valence-corrected chi connectivity index (χ3v) is 6.86. The maximum atomic E-state index is 13.5. The van der Waals surface area contributed by atoms with Gasteiger partial charge in [0, 0.05) is 18.2 Å². The number of carbonyl (C=O) groups excluding carboxylic acids is 3. The Morgan fingerprint density at radius 2 is 1.77 bits per heavy atom. The Hall–Kier alpha value is -3.27. The van der Waals surface area contributed by atoms with Crippen LogP contribution in [0.15, 0.2) is 33.5 Å².